The molecule has 0 atom stereocenters. The van der Waals surface area contributed by atoms with E-state index in [1.54, 1.807) is 12.1 Å². The number of para-hydroxylation sites is 1. The van der Waals surface area contributed by atoms with Crippen molar-refractivity contribution in [3.8, 4) is 11.3 Å². The zero-order chi connectivity index (χ0) is 14.8. The van der Waals surface area contributed by atoms with Gasteiger partial charge >= 0.3 is 0 Å². The molecule has 0 saturated carbocycles. The van der Waals surface area contributed by atoms with Crippen LogP contribution in [0.4, 0.5) is 4.39 Å². The number of rotatable bonds is 4. The van der Waals surface area contributed by atoms with E-state index in [0.717, 1.165) is 23.1 Å². The van der Waals surface area contributed by atoms with E-state index in [4.69, 9.17) is 16.0 Å². The first-order valence-electron chi connectivity index (χ1n) is 6.86. The molecule has 21 heavy (non-hydrogen) atoms. The van der Waals surface area contributed by atoms with Gasteiger partial charge in [-0.1, -0.05) is 36.7 Å². The highest BCUT2D eigenvalue weighted by atomic mass is 35.5. The summed E-state index contributed by atoms with van der Waals surface area (Å²) >= 11 is 6.13. The molecule has 2 aromatic carbocycles. The predicted octanol–water partition coefficient (Wildman–Crippen LogP) is 5.00. The summed E-state index contributed by atoms with van der Waals surface area (Å²) < 4.78 is 19.4. The standard InChI is InChI=1S/C17H15ClFNO/c1-2-20-10-12-6-7-13(19)9-14(12)16-8-11-4-3-5-15(18)17(11)21-16/h3-9,20H,2,10H2,1H3. The molecule has 2 nitrogen and oxygen atoms in total. The quantitative estimate of drug-likeness (QED) is 0.733. The largest absolute Gasteiger partial charge is 0.455 e. The van der Waals surface area contributed by atoms with Crippen molar-refractivity contribution in [2.75, 3.05) is 6.54 Å². The van der Waals surface area contributed by atoms with Crippen LogP contribution in [0.25, 0.3) is 22.3 Å². The van der Waals surface area contributed by atoms with Crippen molar-refractivity contribution < 1.29 is 8.81 Å². The van der Waals surface area contributed by atoms with Crippen molar-refractivity contribution >= 4 is 22.6 Å². The van der Waals surface area contributed by atoms with E-state index in [2.05, 4.69) is 5.32 Å². The number of nitrogens with one attached hydrogen (secondary N) is 1. The lowest BCUT2D eigenvalue weighted by Crippen LogP contribution is -2.12. The Morgan fingerprint density at radius 2 is 2.05 bits per heavy atom. The van der Waals surface area contributed by atoms with Gasteiger partial charge in [-0.3, -0.25) is 0 Å². The van der Waals surface area contributed by atoms with Crippen molar-refractivity contribution in [2.24, 2.45) is 0 Å². The highest BCUT2D eigenvalue weighted by Crippen LogP contribution is 2.33. The molecule has 0 aliphatic rings. The number of hydrogen-bond donors (Lipinski definition) is 1. The van der Waals surface area contributed by atoms with Crippen LogP contribution in [0.1, 0.15) is 12.5 Å². The summed E-state index contributed by atoms with van der Waals surface area (Å²) in [6.45, 7) is 3.55. The molecule has 0 unspecified atom stereocenters. The number of benzene rings is 2. The third kappa shape index (κ3) is 2.80. The zero-order valence-corrected chi connectivity index (χ0v) is 12.4. The van der Waals surface area contributed by atoms with Crippen molar-refractivity contribution in [1.29, 1.82) is 0 Å². The Balaban J connectivity index is 2.12. The summed E-state index contributed by atoms with van der Waals surface area (Å²) in [5, 5.41) is 4.72. The van der Waals surface area contributed by atoms with E-state index in [0.29, 0.717) is 22.9 Å². The van der Waals surface area contributed by atoms with Gasteiger partial charge in [-0.05, 0) is 36.4 Å². The van der Waals surface area contributed by atoms with Gasteiger partial charge in [0, 0.05) is 17.5 Å². The summed E-state index contributed by atoms with van der Waals surface area (Å²) in [5.74, 6) is 0.349. The Morgan fingerprint density at radius 3 is 2.81 bits per heavy atom. The van der Waals surface area contributed by atoms with E-state index in [1.165, 1.54) is 12.1 Å². The zero-order valence-electron chi connectivity index (χ0n) is 11.6. The topological polar surface area (TPSA) is 25.2 Å². The highest BCUT2D eigenvalue weighted by molar-refractivity contribution is 6.34. The van der Waals surface area contributed by atoms with E-state index in [9.17, 15) is 4.39 Å². The molecule has 1 aromatic heterocycles. The average Bonchev–Trinajstić information content (AvgIpc) is 2.91. The van der Waals surface area contributed by atoms with Crippen LogP contribution in [0.2, 0.25) is 5.02 Å². The number of hydrogen-bond acceptors (Lipinski definition) is 2. The molecule has 1 heterocycles. The van der Waals surface area contributed by atoms with Crippen molar-refractivity contribution in [3.05, 3.63) is 58.9 Å². The lowest BCUT2D eigenvalue weighted by Gasteiger charge is -2.08. The lowest BCUT2D eigenvalue weighted by molar-refractivity contribution is 0.614. The first-order valence-corrected chi connectivity index (χ1v) is 7.24. The third-order valence-electron chi connectivity index (χ3n) is 3.40. The summed E-state index contributed by atoms with van der Waals surface area (Å²) in [6, 6.07) is 12.2. The third-order valence-corrected chi connectivity index (χ3v) is 3.70. The Bertz CT molecular complexity index is 782. The lowest BCUT2D eigenvalue weighted by atomic mass is 10.0. The molecule has 0 fully saturated rings. The second-order valence-corrected chi connectivity index (χ2v) is 5.26. The van der Waals surface area contributed by atoms with Crippen LogP contribution >= 0.6 is 11.6 Å². The molecule has 1 N–H and O–H groups in total. The maximum atomic E-state index is 13.6. The van der Waals surface area contributed by atoms with Gasteiger partial charge in [0.1, 0.15) is 11.6 Å². The van der Waals surface area contributed by atoms with Gasteiger partial charge in [0.25, 0.3) is 0 Å². The first kappa shape index (κ1) is 14.1. The number of furan rings is 1. The first-order chi connectivity index (χ1) is 10.2. The fourth-order valence-electron chi connectivity index (χ4n) is 2.35. The number of fused-ring (bicyclic) bond motifs is 1. The van der Waals surface area contributed by atoms with Gasteiger partial charge in [0.2, 0.25) is 0 Å². The van der Waals surface area contributed by atoms with E-state index < -0.39 is 0 Å². The van der Waals surface area contributed by atoms with E-state index >= 15 is 0 Å². The molecule has 3 aromatic rings. The van der Waals surface area contributed by atoms with Crippen LogP contribution in [0.5, 0.6) is 0 Å². The smallest absolute Gasteiger partial charge is 0.153 e. The second kappa shape index (κ2) is 5.88. The summed E-state index contributed by atoms with van der Waals surface area (Å²) in [7, 11) is 0. The van der Waals surface area contributed by atoms with Gasteiger partial charge in [-0.25, -0.2) is 4.39 Å². The van der Waals surface area contributed by atoms with Crippen LogP contribution < -0.4 is 5.32 Å². The van der Waals surface area contributed by atoms with Crippen LogP contribution in [-0.4, -0.2) is 6.54 Å². The number of halogens is 2. The monoisotopic (exact) mass is 303 g/mol. The summed E-state index contributed by atoms with van der Waals surface area (Å²) in [6.07, 6.45) is 0. The predicted molar refractivity (Wildman–Crippen MR) is 84.0 cm³/mol. The van der Waals surface area contributed by atoms with Crippen LogP contribution in [0, 0.1) is 5.82 Å². The molecule has 0 aliphatic carbocycles. The fourth-order valence-corrected chi connectivity index (χ4v) is 2.57. The molecule has 0 amide bonds. The molecule has 4 heteroatoms. The van der Waals surface area contributed by atoms with Gasteiger partial charge < -0.3 is 9.73 Å². The van der Waals surface area contributed by atoms with Gasteiger partial charge in [0.15, 0.2) is 5.58 Å². The van der Waals surface area contributed by atoms with Crippen LogP contribution in [0.15, 0.2) is 46.9 Å². The average molecular weight is 304 g/mol. The van der Waals surface area contributed by atoms with Crippen LogP contribution in [0.3, 0.4) is 0 Å². The maximum absolute atomic E-state index is 13.6. The summed E-state index contributed by atoms with van der Waals surface area (Å²) in [5.41, 5.74) is 2.38. The summed E-state index contributed by atoms with van der Waals surface area (Å²) in [4.78, 5) is 0. The van der Waals surface area contributed by atoms with Gasteiger partial charge in [0.05, 0.1) is 5.02 Å². The van der Waals surface area contributed by atoms with Crippen molar-refractivity contribution in [2.45, 2.75) is 13.5 Å². The Kier molecular flexibility index (Phi) is 3.95. The molecule has 108 valence electrons. The SMILES string of the molecule is CCNCc1ccc(F)cc1-c1cc2cccc(Cl)c2o1. The Hall–Kier alpha value is -1.84. The highest BCUT2D eigenvalue weighted by Gasteiger charge is 2.13. The molecular formula is C17H15ClFNO. The molecule has 0 radical (unpaired) electrons. The molecular weight excluding hydrogens is 289 g/mol. The van der Waals surface area contributed by atoms with E-state index in [-0.39, 0.29) is 5.82 Å². The molecule has 3 rings (SSSR count). The van der Waals surface area contributed by atoms with Gasteiger partial charge in [-0.15, -0.1) is 0 Å². The van der Waals surface area contributed by atoms with Gasteiger partial charge in [-0.2, -0.15) is 0 Å². The minimum Gasteiger partial charge on any atom is -0.455 e. The minimum atomic E-state index is -0.281. The fraction of sp³-hybridized carbons (Fsp3) is 0.176. The molecule has 0 aliphatic heterocycles. The molecule has 0 bridgehead atoms. The van der Waals surface area contributed by atoms with Crippen molar-refractivity contribution in [3.63, 3.8) is 0 Å². The molecule has 0 saturated heterocycles. The Morgan fingerprint density at radius 1 is 1.19 bits per heavy atom. The van der Waals surface area contributed by atoms with Crippen molar-refractivity contribution in [1.82, 2.24) is 5.32 Å². The minimum absolute atomic E-state index is 0.281. The maximum Gasteiger partial charge on any atom is 0.153 e. The van der Waals surface area contributed by atoms with E-state index in [1.807, 2.05) is 25.1 Å². The molecule has 0 spiro atoms. The Labute approximate surface area is 127 Å². The second-order valence-electron chi connectivity index (χ2n) is 4.85. The van der Waals surface area contributed by atoms with Crippen LogP contribution in [-0.2, 0) is 6.54 Å². The normalized spacial score (nSPS) is 11.2.